The van der Waals surface area contributed by atoms with Crippen molar-refractivity contribution in [3.63, 3.8) is 0 Å². The summed E-state index contributed by atoms with van der Waals surface area (Å²) in [7, 11) is -3.25. The number of fused-ring (bicyclic) bond motifs is 1. The quantitative estimate of drug-likeness (QED) is 0.508. The number of piperidine rings is 1. The zero-order valence-electron chi connectivity index (χ0n) is 21.1. The standard InChI is InChI=1S/C26H32Cl2N4O4S/c1-17(2)32(16-24(33)29-21-9-11-31(12-10-21)37(3,35)36)26(15-18-5-4-6-19(27)13-18)22-8-7-20(28)14-23(22)30-25(26)34/h4-8,13-14,17,21H,9-12,15-16H2,1-3H3,(H,29,33)(H,30,34). The van der Waals surface area contributed by atoms with Crippen molar-refractivity contribution in [2.45, 2.75) is 50.7 Å². The van der Waals surface area contributed by atoms with E-state index in [9.17, 15) is 18.0 Å². The minimum absolute atomic E-state index is 0.0139. The molecular formula is C26H32Cl2N4O4S. The first-order valence-corrected chi connectivity index (χ1v) is 14.9. The molecule has 2 aliphatic heterocycles. The van der Waals surface area contributed by atoms with E-state index >= 15 is 0 Å². The number of hydrogen-bond acceptors (Lipinski definition) is 5. The highest BCUT2D eigenvalue weighted by molar-refractivity contribution is 7.88. The van der Waals surface area contributed by atoms with E-state index in [0.29, 0.717) is 48.1 Å². The molecule has 0 saturated carbocycles. The Bertz CT molecular complexity index is 1300. The van der Waals surface area contributed by atoms with Gasteiger partial charge in [-0.2, -0.15) is 0 Å². The number of amides is 2. The van der Waals surface area contributed by atoms with Gasteiger partial charge >= 0.3 is 0 Å². The summed E-state index contributed by atoms with van der Waals surface area (Å²) in [5, 5.41) is 7.12. The van der Waals surface area contributed by atoms with Crippen LogP contribution in [0.25, 0.3) is 0 Å². The van der Waals surface area contributed by atoms with E-state index in [1.165, 1.54) is 10.6 Å². The summed E-state index contributed by atoms with van der Waals surface area (Å²) in [4.78, 5) is 29.0. The fourth-order valence-corrected chi connectivity index (χ4v) is 6.61. The van der Waals surface area contributed by atoms with Crippen molar-refractivity contribution in [1.82, 2.24) is 14.5 Å². The first-order chi connectivity index (χ1) is 17.4. The second kappa shape index (κ2) is 10.9. The molecular weight excluding hydrogens is 535 g/mol. The zero-order valence-corrected chi connectivity index (χ0v) is 23.5. The van der Waals surface area contributed by atoms with Crippen LogP contribution >= 0.6 is 23.2 Å². The van der Waals surface area contributed by atoms with Gasteiger partial charge in [0.2, 0.25) is 21.8 Å². The van der Waals surface area contributed by atoms with Gasteiger partial charge in [-0.3, -0.25) is 14.5 Å². The molecule has 2 aliphatic rings. The number of hydrogen-bond donors (Lipinski definition) is 2. The van der Waals surface area contributed by atoms with Crippen LogP contribution in [0, 0.1) is 0 Å². The molecule has 2 amide bonds. The first kappa shape index (κ1) is 27.9. The lowest BCUT2D eigenvalue weighted by atomic mass is 9.82. The van der Waals surface area contributed by atoms with Crippen LogP contribution in [0.5, 0.6) is 0 Å². The van der Waals surface area contributed by atoms with E-state index in [2.05, 4.69) is 10.6 Å². The smallest absolute Gasteiger partial charge is 0.249 e. The summed E-state index contributed by atoms with van der Waals surface area (Å²) >= 11 is 12.5. The fraction of sp³-hybridized carbons (Fsp3) is 0.462. The molecule has 0 bridgehead atoms. The molecule has 2 aromatic rings. The second-order valence-electron chi connectivity index (χ2n) is 10.0. The SMILES string of the molecule is CC(C)N(CC(=O)NC1CCN(S(C)(=O)=O)CC1)C1(Cc2cccc(Cl)c2)C(=O)Nc2cc(Cl)ccc21. The molecule has 2 N–H and O–H groups in total. The number of anilines is 1. The Morgan fingerprint density at radius 1 is 1.16 bits per heavy atom. The Hall–Kier alpha value is -2.17. The van der Waals surface area contributed by atoms with Crippen molar-refractivity contribution < 1.29 is 18.0 Å². The number of sulfonamides is 1. The highest BCUT2D eigenvalue weighted by atomic mass is 35.5. The summed E-state index contributed by atoms with van der Waals surface area (Å²) in [6, 6.07) is 12.4. The molecule has 1 atom stereocenters. The van der Waals surface area contributed by atoms with Crippen LogP contribution in [0.1, 0.15) is 37.8 Å². The monoisotopic (exact) mass is 566 g/mol. The lowest BCUT2D eigenvalue weighted by molar-refractivity contribution is -0.134. The molecule has 0 radical (unpaired) electrons. The van der Waals surface area contributed by atoms with E-state index in [1.54, 1.807) is 18.2 Å². The van der Waals surface area contributed by atoms with Crippen LogP contribution in [0.4, 0.5) is 5.69 Å². The normalized spacial score (nSPS) is 20.8. The van der Waals surface area contributed by atoms with Gasteiger partial charge in [0.25, 0.3) is 0 Å². The Morgan fingerprint density at radius 3 is 2.46 bits per heavy atom. The number of nitrogens with one attached hydrogen (secondary N) is 2. The van der Waals surface area contributed by atoms with Crippen LogP contribution in [0.3, 0.4) is 0 Å². The largest absolute Gasteiger partial charge is 0.352 e. The summed E-state index contributed by atoms with van der Waals surface area (Å²) in [6.45, 7) is 4.64. The highest BCUT2D eigenvalue weighted by Crippen LogP contribution is 2.45. The number of benzene rings is 2. The van der Waals surface area contributed by atoms with Gasteiger partial charge < -0.3 is 10.6 Å². The number of carbonyl (C=O) groups excluding carboxylic acids is 2. The molecule has 2 aromatic carbocycles. The van der Waals surface area contributed by atoms with Gasteiger partial charge in [0.05, 0.1) is 12.8 Å². The molecule has 0 aliphatic carbocycles. The van der Waals surface area contributed by atoms with Crippen LogP contribution < -0.4 is 10.6 Å². The van der Waals surface area contributed by atoms with Gasteiger partial charge in [0.15, 0.2) is 0 Å². The third-order valence-electron chi connectivity index (χ3n) is 7.12. The highest BCUT2D eigenvalue weighted by Gasteiger charge is 2.52. The third kappa shape index (κ3) is 5.96. The van der Waals surface area contributed by atoms with Crippen LogP contribution in [-0.4, -0.2) is 67.4 Å². The molecule has 4 rings (SSSR count). The van der Waals surface area contributed by atoms with E-state index in [4.69, 9.17) is 23.2 Å². The van der Waals surface area contributed by atoms with Crippen LogP contribution in [-0.2, 0) is 31.6 Å². The molecule has 200 valence electrons. The number of halogens is 2. The van der Waals surface area contributed by atoms with Crippen molar-refractivity contribution in [3.8, 4) is 0 Å². The average Bonchev–Trinajstić information content (AvgIpc) is 3.07. The maximum Gasteiger partial charge on any atom is 0.249 e. The topological polar surface area (TPSA) is 98.8 Å². The Kier molecular flexibility index (Phi) is 8.21. The first-order valence-electron chi connectivity index (χ1n) is 12.3. The molecule has 1 saturated heterocycles. The Balaban J connectivity index is 1.63. The molecule has 0 aromatic heterocycles. The van der Waals surface area contributed by atoms with Crippen molar-refractivity contribution in [1.29, 1.82) is 0 Å². The van der Waals surface area contributed by atoms with Gasteiger partial charge in [0.1, 0.15) is 5.54 Å². The predicted octanol–water partition coefficient (Wildman–Crippen LogP) is 3.63. The molecule has 1 fully saturated rings. The van der Waals surface area contributed by atoms with Gasteiger partial charge in [-0.25, -0.2) is 12.7 Å². The van der Waals surface area contributed by atoms with Crippen molar-refractivity contribution in [3.05, 3.63) is 63.6 Å². The minimum atomic E-state index is -3.25. The zero-order chi connectivity index (χ0) is 27.0. The molecule has 2 heterocycles. The van der Waals surface area contributed by atoms with Crippen LogP contribution in [0.2, 0.25) is 10.0 Å². The van der Waals surface area contributed by atoms with Gasteiger partial charge in [-0.15, -0.1) is 0 Å². The Morgan fingerprint density at radius 2 is 1.84 bits per heavy atom. The number of carbonyl (C=O) groups is 2. The summed E-state index contributed by atoms with van der Waals surface area (Å²) in [5.41, 5.74) is 1.09. The van der Waals surface area contributed by atoms with E-state index in [0.717, 1.165) is 11.1 Å². The average molecular weight is 568 g/mol. The van der Waals surface area contributed by atoms with E-state index in [-0.39, 0.29) is 30.4 Å². The van der Waals surface area contributed by atoms with E-state index in [1.807, 2.05) is 43.0 Å². The predicted molar refractivity (Wildman–Crippen MR) is 146 cm³/mol. The second-order valence-corrected chi connectivity index (χ2v) is 12.9. The molecule has 37 heavy (non-hydrogen) atoms. The Labute approximate surface area is 228 Å². The lowest BCUT2D eigenvalue weighted by Crippen LogP contribution is -2.58. The van der Waals surface area contributed by atoms with Crippen molar-refractivity contribution >= 4 is 50.7 Å². The number of nitrogens with zero attached hydrogens (tertiary/aromatic N) is 2. The maximum atomic E-state index is 13.8. The molecule has 8 nitrogen and oxygen atoms in total. The summed E-state index contributed by atoms with van der Waals surface area (Å²) < 4.78 is 25.1. The third-order valence-corrected chi connectivity index (χ3v) is 8.89. The molecule has 1 unspecified atom stereocenters. The summed E-state index contributed by atoms with van der Waals surface area (Å²) in [6.07, 6.45) is 2.58. The van der Waals surface area contributed by atoms with Crippen molar-refractivity contribution in [2.24, 2.45) is 0 Å². The van der Waals surface area contributed by atoms with E-state index < -0.39 is 15.6 Å². The maximum absolute atomic E-state index is 13.8. The van der Waals surface area contributed by atoms with Crippen LogP contribution in [0.15, 0.2) is 42.5 Å². The van der Waals surface area contributed by atoms with Gasteiger partial charge in [0, 0.05) is 52.9 Å². The minimum Gasteiger partial charge on any atom is -0.352 e. The molecule has 11 heteroatoms. The fourth-order valence-electron chi connectivity index (χ4n) is 5.35. The number of rotatable bonds is 8. The van der Waals surface area contributed by atoms with Crippen molar-refractivity contribution in [2.75, 3.05) is 31.2 Å². The lowest BCUT2D eigenvalue weighted by Gasteiger charge is -2.42. The summed E-state index contributed by atoms with van der Waals surface area (Å²) in [5.74, 6) is -0.445. The van der Waals surface area contributed by atoms with Gasteiger partial charge in [-0.05, 0) is 56.5 Å². The van der Waals surface area contributed by atoms with Gasteiger partial charge in [-0.1, -0.05) is 41.4 Å². The molecule has 0 spiro atoms.